The summed E-state index contributed by atoms with van der Waals surface area (Å²) in [5.74, 6) is 0. The number of aryl methyl sites for hydroxylation is 1. The van der Waals surface area contributed by atoms with Crippen molar-refractivity contribution in [3.05, 3.63) is 118 Å². The number of benzene rings is 3. The Hall–Kier alpha value is -4.44. The van der Waals surface area contributed by atoms with Crippen LogP contribution >= 0.6 is 0 Å². The quantitative estimate of drug-likeness (QED) is 0.412. The summed E-state index contributed by atoms with van der Waals surface area (Å²) in [5, 5.41) is 2.55. The average molecular weight is 506 g/mol. The van der Waals surface area contributed by atoms with Gasteiger partial charge in [-0.25, -0.2) is 22.6 Å². The van der Waals surface area contributed by atoms with Crippen LogP contribution in [0.5, 0.6) is 0 Å². The predicted octanol–water partition coefficient (Wildman–Crippen LogP) is 3.39. The van der Waals surface area contributed by atoms with Gasteiger partial charge in [0, 0.05) is 11.9 Å². The number of anilines is 1. The Labute approximate surface area is 207 Å². The van der Waals surface area contributed by atoms with Crippen LogP contribution < -0.4 is 16.6 Å². The summed E-state index contributed by atoms with van der Waals surface area (Å²) in [4.78, 5) is 37.9. The molecular formula is C26H23N3O6S. The Kier molecular flexibility index (Phi) is 7.16. The lowest BCUT2D eigenvalue weighted by molar-refractivity contribution is 0.156. The molecule has 1 heterocycles. The van der Waals surface area contributed by atoms with Crippen molar-refractivity contribution < 1.29 is 17.9 Å². The number of hydrogen-bond acceptors (Lipinski definition) is 6. The molecule has 0 aliphatic rings. The standard InChI is InChI=1S/C26H23N3O6S/c1-19-12-14-22(15-13-19)36(33,34)23-18-28(16-17-35-25(31)27-20-8-4-2-5-9-20)26(32)29(24(23)30)21-10-6-3-7-11-21/h2-15,18H,16-17H2,1H3,(H,27,31). The maximum absolute atomic E-state index is 13.4. The first kappa shape index (κ1) is 24.7. The number of amides is 1. The van der Waals surface area contributed by atoms with Crippen molar-refractivity contribution in [3.63, 3.8) is 0 Å². The Bertz CT molecular complexity index is 1590. The van der Waals surface area contributed by atoms with Crippen LogP contribution in [0, 0.1) is 6.92 Å². The molecule has 184 valence electrons. The Morgan fingerprint density at radius 2 is 1.50 bits per heavy atom. The van der Waals surface area contributed by atoms with E-state index in [0.717, 1.165) is 20.9 Å². The van der Waals surface area contributed by atoms with E-state index in [0.29, 0.717) is 5.69 Å². The number of ether oxygens (including phenoxy) is 1. The van der Waals surface area contributed by atoms with Crippen LogP contribution in [0.2, 0.25) is 0 Å². The first-order valence-corrected chi connectivity index (χ1v) is 12.5. The van der Waals surface area contributed by atoms with E-state index in [4.69, 9.17) is 4.74 Å². The number of carbonyl (C=O) groups excluding carboxylic acids is 1. The van der Waals surface area contributed by atoms with Gasteiger partial charge in [0.05, 0.1) is 17.1 Å². The molecule has 0 fully saturated rings. The maximum Gasteiger partial charge on any atom is 0.411 e. The highest BCUT2D eigenvalue weighted by Gasteiger charge is 2.25. The third-order valence-electron chi connectivity index (χ3n) is 5.34. The monoisotopic (exact) mass is 505 g/mol. The van der Waals surface area contributed by atoms with E-state index in [2.05, 4.69) is 5.32 Å². The van der Waals surface area contributed by atoms with E-state index in [-0.39, 0.29) is 23.7 Å². The lowest BCUT2D eigenvalue weighted by Gasteiger charge is -2.14. The summed E-state index contributed by atoms with van der Waals surface area (Å²) in [5.41, 5.74) is -0.132. The minimum atomic E-state index is -4.25. The fourth-order valence-electron chi connectivity index (χ4n) is 3.48. The van der Waals surface area contributed by atoms with Crippen LogP contribution in [0.3, 0.4) is 0 Å². The fourth-order valence-corrected chi connectivity index (χ4v) is 4.82. The topological polar surface area (TPSA) is 116 Å². The van der Waals surface area contributed by atoms with E-state index >= 15 is 0 Å². The molecule has 4 rings (SSSR count). The number of nitrogens with one attached hydrogen (secondary N) is 1. The second-order valence-electron chi connectivity index (χ2n) is 7.89. The van der Waals surface area contributed by atoms with Crippen LogP contribution in [0.15, 0.2) is 111 Å². The van der Waals surface area contributed by atoms with Crippen molar-refractivity contribution in [1.29, 1.82) is 0 Å². The Balaban J connectivity index is 1.70. The number of carbonyl (C=O) groups is 1. The summed E-state index contributed by atoms with van der Waals surface area (Å²) in [7, 11) is -4.25. The van der Waals surface area contributed by atoms with Gasteiger partial charge in [0.25, 0.3) is 5.56 Å². The zero-order valence-corrected chi connectivity index (χ0v) is 20.1. The SMILES string of the molecule is Cc1ccc(S(=O)(=O)c2cn(CCOC(=O)Nc3ccccc3)c(=O)n(-c3ccccc3)c2=O)cc1. The van der Waals surface area contributed by atoms with Gasteiger partial charge >= 0.3 is 11.8 Å². The molecule has 1 N–H and O–H groups in total. The van der Waals surface area contributed by atoms with Crippen molar-refractivity contribution in [2.45, 2.75) is 23.3 Å². The summed E-state index contributed by atoms with van der Waals surface area (Å²) in [6, 6.07) is 22.7. The second-order valence-corrected chi connectivity index (χ2v) is 9.81. The lowest BCUT2D eigenvalue weighted by Crippen LogP contribution is -2.41. The summed E-state index contributed by atoms with van der Waals surface area (Å²) >= 11 is 0. The number of rotatable bonds is 7. The van der Waals surface area contributed by atoms with Crippen LogP contribution in [0.1, 0.15) is 5.56 Å². The normalized spacial score (nSPS) is 11.1. The highest BCUT2D eigenvalue weighted by atomic mass is 32.2. The third kappa shape index (κ3) is 5.28. The molecule has 0 saturated carbocycles. The zero-order chi connectivity index (χ0) is 25.7. The Morgan fingerprint density at radius 3 is 2.14 bits per heavy atom. The molecule has 0 bridgehead atoms. The van der Waals surface area contributed by atoms with Gasteiger partial charge in [0.15, 0.2) is 4.90 Å². The molecule has 0 aliphatic heterocycles. The molecule has 9 nitrogen and oxygen atoms in total. The predicted molar refractivity (Wildman–Crippen MR) is 134 cm³/mol. The molecule has 1 amide bonds. The van der Waals surface area contributed by atoms with Gasteiger partial charge in [-0.2, -0.15) is 0 Å². The molecule has 0 radical (unpaired) electrons. The van der Waals surface area contributed by atoms with Crippen molar-refractivity contribution in [3.8, 4) is 5.69 Å². The number of aromatic nitrogens is 2. The smallest absolute Gasteiger partial charge is 0.411 e. The minimum absolute atomic E-state index is 0.0755. The number of nitrogens with zero attached hydrogens (tertiary/aromatic N) is 2. The van der Waals surface area contributed by atoms with Crippen molar-refractivity contribution in [2.24, 2.45) is 0 Å². The zero-order valence-electron chi connectivity index (χ0n) is 19.3. The number of sulfone groups is 1. The fraction of sp³-hybridized carbons (Fsp3) is 0.115. The van der Waals surface area contributed by atoms with Crippen molar-refractivity contribution >= 4 is 21.6 Å². The molecule has 0 spiro atoms. The Morgan fingerprint density at radius 1 is 0.889 bits per heavy atom. The molecule has 4 aromatic rings. The van der Waals surface area contributed by atoms with Crippen molar-refractivity contribution in [2.75, 3.05) is 11.9 Å². The molecule has 0 atom stereocenters. The number of para-hydroxylation sites is 2. The lowest BCUT2D eigenvalue weighted by atomic mass is 10.2. The highest BCUT2D eigenvalue weighted by molar-refractivity contribution is 7.91. The van der Waals surface area contributed by atoms with Gasteiger partial charge in [-0.3, -0.25) is 14.7 Å². The van der Waals surface area contributed by atoms with Crippen molar-refractivity contribution in [1.82, 2.24) is 9.13 Å². The second kappa shape index (κ2) is 10.4. The third-order valence-corrected chi connectivity index (χ3v) is 7.10. The molecule has 0 unspecified atom stereocenters. The van der Waals surface area contributed by atoms with E-state index < -0.39 is 32.1 Å². The highest BCUT2D eigenvalue weighted by Crippen LogP contribution is 2.18. The van der Waals surface area contributed by atoms with E-state index in [1.165, 1.54) is 24.3 Å². The molecule has 36 heavy (non-hydrogen) atoms. The van der Waals surface area contributed by atoms with Gasteiger partial charge in [-0.15, -0.1) is 0 Å². The van der Waals surface area contributed by atoms with Crippen LogP contribution in [0.4, 0.5) is 10.5 Å². The first-order valence-electron chi connectivity index (χ1n) is 11.0. The molecule has 1 aromatic heterocycles. The van der Waals surface area contributed by atoms with Gasteiger partial charge < -0.3 is 4.74 Å². The molecular weight excluding hydrogens is 482 g/mol. The van der Waals surface area contributed by atoms with Crippen LogP contribution in [0.25, 0.3) is 5.69 Å². The van der Waals surface area contributed by atoms with Gasteiger partial charge in [0.2, 0.25) is 9.84 Å². The van der Waals surface area contributed by atoms with Gasteiger partial charge in [0.1, 0.15) is 6.61 Å². The minimum Gasteiger partial charge on any atom is -0.447 e. The summed E-state index contributed by atoms with van der Waals surface area (Å²) in [6.45, 7) is 1.40. The summed E-state index contributed by atoms with van der Waals surface area (Å²) in [6.07, 6.45) is 0.260. The van der Waals surface area contributed by atoms with Gasteiger partial charge in [-0.05, 0) is 43.3 Å². The average Bonchev–Trinajstić information content (AvgIpc) is 2.87. The van der Waals surface area contributed by atoms with Gasteiger partial charge in [-0.1, -0.05) is 54.1 Å². The van der Waals surface area contributed by atoms with E-state index in [9.17, 15) is 22.8 Å². The van der Waals surface area contributed by atoms with Crippen LogP contribution in [-0.4, -0.2) is 30.3 Å². The number of hydrogen-bond donors (Lipinski definition) is 1. The molecule has 3 aromatic carbocycles. The summed E-state index contributed by atoms with van der Waals surface area (Å²) < 4.78 is 33.7. The van der Waals surface area contributed by atoms with Crippen LogP contribution in [-0.2, 0) is 21.1 Å². The van der Waals surface area contributed by atoms with E-state index in [1.807, 2.05) is 6.92 Å². The largest absolute Gasteiger partial charge is 0.447 e. The molecule has 10 heteroatoms. The molecule has 0 aliphatic carbocycles. The first-order chi connectivity index (χ1) is 17.3. The maximum atomic E-state index is 13.4. The van der Waals surface area contributed by atoms with E-state index in [1.54, 1.807) is 60.7 Å². The molecule has 0 saturated heterocycles.